The van der Waals surface area contributed by atoms with Gasteiger partial charge in [-0.3, -0.25) is 0 Å². The van der Waals surface area contributed by atoms with Gasteiger partial charge in [0.15, 0.2) is 0 Å². The Balaban J connectivity index is 3.84. The third-order valence-electron chi connectivity index (χ3n) is 2.23. The van der Waals surface area contributed by atoms with E-state index < -0.39 is 12.1 Å². The van der Waals surface area contributed by atoms with Crippen LogP contribution in [-0.2, 0) is 4.79 Å². The molecule has 0 spiro atoms. The summed E-state index contributed by atoms with van der Waals surface area (Å²) in [6.07, 6.45) is 4.46. The van der Waals surface area contributed by atoms with Crippen molar-refractivity contribution in [3.63, 3.8) is 0 Å². The number of carboxylic acid groups (broad SMARTS) is 1. The van der Waals surface area contributed by atoms with Gasteiger partial charge in [-0.1, -0.05) is 32.8 Å². The zero-order valence-corrected chi connectivity index (χ0v) is 8.23. The monoisotopic (exact) mass is 186 g/mol. The van der Waals surface area contributed by atoms with Crippen molar-refractivity contribution in [1.82, 2.24) is 0 Å². The van der Waals surface area contributed by atoms with Crippen molar-refractivity contribution < 1.29 is 15.0 Å². The van der Waals surface area contributed by atoms with Crippen molar-refractivity contribution in [2.24, 2.45) is 5.92 Å². The van der Waals surface area contributed by atoms with E-state index in [9.17, 15) is 9.90 Å². The highest BCUT2D eigenvalue weighted by atomic mass is 16.4. The Bertz CT molecular complexity index is 171. The van der Waals surface area contributed by atoms with Gasteiger partial charge in [0.2, 0.25) is 0 Å². The zero-order valence-electron chi connectivity index (χ0n) is 8.23. The predicted molar refractivity (Wildman–Crippen MR) is 51.5 cm³/mol. The molecule has 1 unspecified atom stereocenters. The van der Waals surface area contributed by atoms with Crippen molar-refractivity contribution in [2.75, 3.05) is 0 Å². The van der Waals surface area contributed by atoms with E-state index in [1.165, 1.54) is 6.08 Å². The minimum Gasteiger partial charge on any atom is -0.478 e. The lowest BCUT2D eigenvalue weighted by atomic mass is 9.94. The largest absolute Gasteiger partial charge is 0.478 e. The number of carbonyl (C=O) groups is 1. The third-order valence-corrected chi connectivity index (χ3v) is 2.23. The summed E-state index contributed by atoms with van der Waals surface area (Å²) in [6.45, 7) is 4.05. The van der Waals surface area contributed by atoms with E-state index in [-0.39, 0.29) is 5.92 Å². The van der Waals surface area contributed by atoms with Crippen molar-refractivity contribution >= 4 is 5.97 Å². The lowest BCUT2D eigenvalue weighted by Crippen LogP contribution is -2.18. The van der Waals surface area contributed by atoms with Crippen LogP contribution in [0, 0.1) is 5.92 Å². The zero-order chi connectivity index (χ0) is 10.3. The van der Waals surface area contributed by atoms with Crippen molar-refractivity contribution in [2.45, 2.75) is 39.2 Å². The third kappa shape index (κ3) is 5.42. The number of hydrogen-bond donors (Lipinski definition) is 2. The van der Waals surface area contributed by atoms with Crippen LogP contribution in [0.1, 0.15) is 33.1 Å². The molecule has 0 aromatic carbocycles. The van der Waals surface area contributed by atoms with Gasteiger partial charge in [-0.2, -0.15) is 0 Å². The maximum atomic E-state index is 10.1. The van der Waals surface area contributed by atoms with Gasteiger partial charge in [-0.25, -0.2) is 4.79 Å². The van der Waals surface area contributed by atoms with Crippen molar-refractivity contribution in [3.05, 3.63) is 12.2 Å². The van der Waals surface area contributed by atoms with E-state index in [2.05, 4.69) is 0 Å². The number of hydrogen-bond acceptors (Lipinski definition) is 2. The highest BCUT2D eigenvalue weighted by Gasteiger charge is 2.13. The number of aliphatic carboxylic acids is 1. The second kappa shape index (κ2) is 6.66. The Labute approximate surface area is 79.1 Å². The molecule has 1 atom stereocenters. The van der Waals surface area contributed by atoms with Crippen LogP contribution in [0.15, 0.2) is 12.2 Å². The van der Waals surface area contributed by atoms with E-state index in [4.69, 9.17) is 5.11 Å². The van der Waals surface area contributed by atoms with Crippen LogP contribution in [0.5, 0.6) is 0 Å². The molecule has 13 heavy (non-hydrogen) atoms. The van der Waals surface area contributed by atoms with Crippen LogP contribution in [0.2, 0.25) is 0 Å². The van der Waals surface area contributed by atoms with Gasteiger partial charge in [0.25, 0.3) is 0 Å². The summed E-state index contributed by atoms with van der Waals surface area (Å²) in [7, 11) is 0. The summed E-state index contributed by atoms with van der Waals surface area (Å²) in [4.78, 5) is 10.1. The molecule has 0 saturated carbocycles. The minimum absolute atomic E-state index is 0.276. The molecule has 0 heterocycles. The van der Waals surface area contributed by atoms with Gasteiger partial charge in [0, 0.05) is 6.08 Å². The summed E-state index contributed by atoms with van der Waals surface area (Å²) in [5.74, 6) is -0.685. The Kier molecular flexibility index (Phi) is 6.24. The Morgan fingerprint density at radius 1 is 1.38 bits per heavy atom. The van der Waals surface area contributed by atoms with Crippen molar-refractivity contribution in [1.29, 1.82) is 0 Å². The number of rotatable bonds is 6. The fourth-order valence-electron chi connectivity index (χ4n) is 1.33. The van der Waals surface area contributed by atoms with Gasteiger partial charge in [-0.15, -0.1) is 0 Å². The number of carboxylic acids is 1. The maximum absolute atomic E-state index is 10.1. The van der Waals surface area contributed by atoms with Crippen LogP contribution in [0.25, 0.3) is 0 Å². The molecule has 0 bridgehead atoms. The molecule has 0 radical (unpaired) electrons. The fraction of sp³-hybridized carbons (Fsp3) is 0.700. The first-order valence-electron chi connectivity index (χ1n) is 4.69. The Morgan fingerprint density at radius 2 is 1.92 bits per heavy atom. The average molecular weight is 186 g/mol. The molecule has 0 aliphatic rings. The van der Waals surface area contributed by atoms with E-state index in [0.29, 0.717) is 6.42 Å². The molecular formula is C10H18O3. The normalized spacial score (nSPS) is 13.8. The Morgan fingerprint density at radius 3 is 2.31 bits per heavy atom. The summed E-state index contributed by atoms with van der Waals surface area (Å²) in [5, 5.41) is 17.9. The van der Waals surface area contributed by atoms with Crippen LogP contribution in [0.4, 0.5) is 0 Å². The van der Waals surface area contributed by atoms with E-state index in [0.717, 1.165) is 18.9 Å². The molecule has 0 aliphatic carbocycles. The molecule has 3 nitrogen and oxygen atoms in total. The molecule has 0 saturated heterocycles. The molecule has 0 rings (SSSR count). The van der Waals surface area contributed by atoms with E-state index >= 15 is 0 Å². The second-order valence-electron chi connectivity index (χ2n) is 3.12. The molecular weight excluding hydrogens is 168 g/mol. The average Bonchev–Trinajstić information content (AvgIpc) is 2.05. The van der Waals surface area contributed by atoms with Crippen LogP contribution >= 0.6 is 0 Å². The highest BCUT2D eigenvalue weighted by molar-refractivity contribution is 5.79. The summed E-state index contributed by atoms with van der Waals surface area (Å²) in [5.41, 5.74) is 0. The summed E-state index contributed by atoms with van der Waals surface area (Å²) in [6, 6.07) is 0. The first-order valence-corrected chi connectivity index (χ1v) is 4.69. The van der Waals surface area contributed by atoms with Crippen LogP contribution < -0.4 is 0 Å². The van der Waals surface area contributed by atoms with Crippen LogP contribution in [0.3, 0.4) is 0 Å². The molecule has 3 heteroatoms. The summed E-state index contributed by atoms with van der Waals surface area (Å²) >= 11 is 0. The smallest absolute Gasteiger partial charge is 0.327 e. The summed E-state index contributed by atoms with van der Waals surface area (Å²) < 4.78 is 0. The molecule has 76 valence electrons. The second-order valence-corrected chi connectivity index (χ2v) is 3.12. The van der Waals surface area contributed by atoms with E-state index in [1.807, 2.05) is 13.8 Å². The lowest BCUT2D eigenvalue weighted by molar-refractivity contribution is -0.131. The maximum Gasteiger partial charge on any atom is 0.327 e. The minimum atomic E-state index is -0.961. The first-order chi connectivity index (χ1) is 6.11. The molecule has 0 fully saturated rings. The number of aliphatic hydroxyl groups excluding tert-OH is 1. The molecule has 0 aromatic rings. The molecule has 0 aromatic heterocycles. The van der Waals surface area contributed by atoms with Gasteiger partial charge < -0.3 is 10.2 Å². The van der Waals surface area contributed by atoms with Gasteiger partial charge >= 0.3 is 5.97 Å². The molecule has 0 amide bonds. The predicted octanol–water partition coefficient (Wildman–Crippen LogP) is 1.81. The van der Waals surface area contributed by atoms with Gasteiger partial charge in [0.05, 0.1) is 6.10 Å². The van der Waals surface area contributed by atoms with Crippen molar-refractivity contribution in [3.8, 4) is 0 Å². The highest BCUT2D eigenvalue weighted by Crippen LogP contribution is 2.15. The molecule has 0 aliphatic heterocycles. The topological polar surface area (TPSA) is 57.5 Å². The standard InChI is InChI=1S/C10H18O3/c1-3-8(4-2)9(11)6-5-7-10(12)13/h5,7-9,11H,3-4,6H2,1-2H3,(H,12,13). The Hall–Kier alpha value is -0.830. The SMILES string of the molecule is CCC(CC)C(O)CC=CC(=O)O. The first kappa shape index (κ1) is 12.2. The van der Waals surface area contributed by atoms with Gasteiger partial charge in [0.1, 0.15) is 0 Å². The van der Waals surface area contributed by atoms with Crippen LogP contribution in [-0.4, -0.2) is 22.3 Å². The number of aliphatic hydroxyl groups is 1. The van der Waals surface area contributed by atoms with E-state index in [1.54, 1.807) is 0 Å². The lowest BCUT2D eigenvalue weighted by Gasteiger charge is -2.17. The quantitative estimate of drug-likeness (QED) is 0.622. The fourth-order valence-corrected chi connectivity index (χ4v) is 1.33. The van der Waals surface area contributed by atoms with Gasteiger partial charge in [-0.05, 0) is 12.3 Å². The molecule has 2 N–H and O–H groups in total.